The molecule has 1 unspecified atom stereocenters. The molecule has 1 aliphatic heterocycles. The lowest BCUT2D eigenvalue weighted by molar-refractivity contribution is 0.0800. The fourth-order valence-corrected chi connectivity index (χ4v) is 3.45. The highest BCUT2D eigenvalue weighted by Gasteiger charge is 2.33. The summed E-state index contributed by atoms with van der Waals surface area (Å²) in [5, 5.41) is 0. The minimum atomic E-state index is -0.326. The first-order valence-corrected chi connectivity index (χ1v) is 8.52. The highest BCUT2D eigenvalue weighted by atomic mass is 127. The second-order valence-corrected chi connectivity index (χ2v) is 6.59. The molecular weight excluding hydrogens is 417 g/mol. The van der Waals surface area contributed by atoms with Crippen LogP contribution in [0.3, 0.4) is 0 Å². The molecule has 2 aromatic rings. The van der Waals surface area contributed by atoms with Crippen molar-refractivity contribution in [2.24, 2.45) is 0 Å². The van der Waals surface area contributed by atoms with Gasteiger partial charge < -0.3 is 17.8 Å². The SMILES string of the molecule is CN(C)c1ccc(C2N(C)c3ccc(C(=O)OI)cc3N2C)cc1. The number of rotatable bonds is 3. The zero-order valence-electron chi connectivity index (χ0n) is 14.2. The Morgan fingerprint density at radius 1 is 1.04 bits per heavy atom. The second kappa shape index (κ2) is 6.51. The van der Waals surface area contributed by atoms with Crippen molar-refractivity contribution >= 4 is 46.0 Å². The summed E-state index contributed by atoms with van der Waals surface area (Å²) in [4.78, 5) is 18.3. The molecule has 1 atom stereocenters. The fourth-order valence-electron chi connectivity index (χ4n) is 3.19. The van der Waals surface area contributed by atoms with E-state index in [4.69, 9.17) is 3.07 Å². The third-order valence-electron chi connectivity index (χ3n) is 4.48. The maximum Gasteiger partial charge on any atom is 0.347 e. The highest BCUT2D eigenvalue weighted by molar-refractivity contribution is 14.1. The summed E-state index contributed by atoms with van der Waals surface area (Å²) < 4.78 is 4.80. The molecule has 0 spiro atoms. The zero-order chi connectivity index (χ0) is 17.4. The molecular formula is C18H20IN3O2. The van der Waals surface area contributed by atoms with Gasteiger partial charge in [0.05, 0.1) is 16.9 Å². The average molecular weight is 437 g/mol. The van der Waals surface area contributed by atoms with E-state index in [-0.39, 0.29) is 12.1 Å². The van der Waals surface area contributed by atoms with E-state index in [9.17, 15) is 4.79 Å². The topological polar surface area (TPSA) is 36.0 Å². The van der Waals surface area contributed by atoms with Crippen LogP contribution in [0.25, 0.3) is 0 Å². The van der Waals surface area contributed by atoms with Crippen molar-refractivity contribution < 1.29 is 7.86 Å². The predicted molar refractivity (Wildman–Crippen MR) is 106 cm³/mol. The van der Waals surface area contributed by atoms with Gasteiger partial charge >= 0.3 is 5.97 Å². The monoisotopic (exact) mass is 437 g/mol. The summed E-state index contributed by atoms with van der Waals surface area (Å²) in [6.45, 7) is 0. The lowest BCUT2D eigenvalue weighted by Crippen LogP contribution is -2.30. The van der Waals surface area contributed by atoms with Crippen LogP contribution in [0.5, 0.6) is 0 Å². The number of hydrogen-bond acceptors (Lipinski definition) is 5. The van der Waals surface area contributed by atoms with E-state index in [0.29, 0.717) is 5.56 Å². The van der Waals surface area contributed by atoms with Gasteiger partial charge in [0.1, 0.15) is 6.17 Å². The van der Waals surface area contributed by atoms with Crippen LogP contribution in [0.4, 0.5) is 17.1 Å². The molecule has 0 amide bonds. The molecule has 0 aromatic heterocycles. The predicted octanol–water partition coefficient (Wildman–Crippen LogP) is 3.84. The molecule has 0 N–H and O–H groups in total. The average Bonchev–Trinajstić information content (AvgIpc) is 2.85. The Morgan fingerprint density at radius 3 is 2.25 bits per heavy atom. The van der Waals surface area contributed by atoms with Gasteiger partial charge in [-0.25, -0.2) is 4.79 Å². The first kappa shape index (κ1) is 16.9. The molecule has 0 fully saturated rings. The Hall–Kier alpha value is -1.96. The Balaban J connectivity index is 1.95. The third-order valence-corrected chi connectivity index (χ3v) is 4.88. The summed E-state index contributed by atoms with van der Waals surface area (Å²) in [7, 11) is 8.19. The Kier molecular flexibility index (Phi) is 4.58. The van der Waals surface area contributed by atoms with E-state index in [1.54, 1.807) is 23.0 Å². The molecule has 0 radical (unpaired) electrons. The van der Waals surface area contributed by atoms with E-state index in [2.05, 4.69) is 46.0 Å². The number of carbonyl (C=O) groups is 1. The van der Waals surface area contributed by atoms with Crippen molar-refractivity contribution in [1.29, 1.82) is 0 Å². The van der Waals surface area contributed by atoms with Gasteiger partial charge in [-0.1, -0.05) is 12.1 Å². The Bertz CT molecular complexity index is 761. The van der Waals surface area contributed by atoms with E-state index in [1.165, 1.54) is 11.3 Å². The molecule has 0 bridgehead atoms. The third kappa shape index (κ3) is 2.79. The van der Waals surface area contributed by atoms with Crippen LogP contribution in [0.2, 0.25) is 0 Å². The van der Waals surface area contributed by atoms with Crippen LogP contribution in [0.15, 0.2) is 42.5 Å². The van der Waals surface area contributed by atoms with Gasteiger partial charge in [0, 0.05) is 33.9 Å². The molecule has 24 heavy (non-hydrogen) atoms. The standard InChI is InChI=1S/C18H20IN3O2/c1-20(2)14-8-5-12(6-9-14)17-21(3)15-10-7-13(18(23)24-19)11-16(15)22(17)4/h5-11,17H,1-4H3. The van der Waals surface area contributed by atoms with E-state index in [1.807, 2.05) is 39.3 Å². The number of benzene rings is 2. The van der Waals surface area contributed by atoms with Crippen LogP contribution in [0, 0.1) is 0 Å². The number of fused-ring (bicyclic) bond motifs is 1. The lowest BCUT2D eigenvalue weighted by Gasteiger charge is -2.28. The van der Waals surface area contributed by atoms with Gasteiger partial charge in [0.2, 0.25) is 0 Å². The molecule has 1 heterocycles. The van der Waals surface area contributed by atoms with Crippen LogP contribution < -0.4 is 14.7 Å². The molecule has 3 rings (SSSR count). The smallest absolute Gasteiger partial charge is 0.347 e. The first-order valence-electron chi connectivity index (χ1n) is 7.64. The quantitative estimate of drug-likeness (QED) is 0.683. The normalized spacial score (nSPS) is 16.1. The number of carbonyl (C=O) groups excluding carboxylic acids is 1. The van der Waals surface area contributed by atoms with Crippen molar-refractivity contribution in [3.05, 3.63) is 53.6 Å². The Labute approximate surface area is 156 Å². The van der Waals surface area contributed by atoms with Crippen LogP contribution in [-0.2, 0) is 3.07 Å². The molecule has 0 saturated carbocycles. The summed E-state index contributed by atoms with van der Waals surface area (Å²) >= 11 is 1.62. The van der Waals surface area contributed by atoms with Crippen molar-refractivity contribution in [2.45, 2.75) is 6.17 Å². The molecule has 6 heteroatoms. The molecule has 126 valence electrons. The van der Waals surface area contributed by atoms with E-state index >= 15 is 0 Å². The number of hydrogen-bond donors (Lipinski definition) is 0. The maximum absolute atomic E-state index is 11.8. The zero-order valence-corrected chi connectivity index (χ0v) is 16.3. The molecule has 2 aromatic carbocycles. The van der Waals surface area contributed by atoms with Crippen LogP contribution in [0.1, 0.15) is 22.1 Å². The van der Waals surface area contributed by atoms with Gasteiger partial charge in [-0.2, -0.15) is 0 Å². The largest absolute Gasteiger partial charge is 0.391 e. The molecule has 0 aliphatic carbocycles. The van der Waals surface area contributed by atoms with E-state index < -0.39 is 0 Å². The van der Waals surface area contributed by atoms with Crippen molar-refractivity contribution in [1.82, 2.24) is 0 Å². The maximum atomic E-state index is 11.8. The van der Waals surface area contributed by atoms with Crippen molar-refractivity contribution in [3.63, 3.8) is 0 Å². The van der Waals surface area contributed by atoms with Crippen LogP contribution in [-0.4, -0.2) is 34.2 Å². The van der Waals surface area contributed by atoms with Gasteiger partial charge in [-0.3, -0.25) is 0 Å². The van der Waals surface area contributed by atoms with Gasteiger partial charge in [-0.15, -0.1) is 0 Å². The van der Waals surface area contributed by atoms with Crippen LogP contribution >= 0.6 is 23.0 Å². The van der Waals surface area contributed by atoms with Crippen molar-refractivity contribution in [3.8, 4) is 0 Å². The Morgan fingerprint density at radius 2 is 1.67 bits per heavy atom. The summed E-state index contributed by atoms with van der Waals surface area (Å²) in [6, 6.07) is 14.2. The van der Waals surface area contributed by atoms with Gasteiger partial charge in [-0.05, 0) is 35.9 Å². The van der Waals surface area contributed by atoms with E-state index in [0.717, 1.165) is 11.4 Å². The molecule has 5 nitrogen and oxygen atoms in total. The molecule has 0 saturated heterocycles. The van der Waals surface area contributed by atoms with Gasteiger partial charge in [0.25, 0.3) is 0 Å². The number of halogens is 1. The first-order chi connectivity index (χ1) is 11.4. The number of nitrogens with zero attached hydrogens (tertiary/aromatic N) is 3. The summed E-state index contributed by atoms with van der Waals surface area (Å²) in [6.07, 6.45) is 0.0992. The summed E-state index contributed by atoms with van der Waals surface area (Å²) in [5.41, 5.74) is 5.07. The summed E-state index contributed by atoms with van der Waals surface area (Å²) in [5.74, 6) is -0.326. The lowest BCUT2D eigenvalue weighted by atomic mass is 10.1. The molecule has 1 aliphatic rings. The number of anilines is 3. The minimum Gasteiger partial charge on any atom is -0.391 e. The highest BCUT2D eigenvalue weighted by Crippen LogP contribution is 2.44. The van der Waals surface area contributed by atoms with Crippen molar-refractivity contribution in [2.75, 3.05) is 42.9 Å². The second-order valence-electron chi connectivity index (χ2n) is 6.15. The fraction of sp³-hybridized carbons (Fsp3) is 0.278. The van der Waals surface area contributed by atoms with Gasteiger partial charge in [0.15, 0.2) is 23.0 Å². The minimum absolute atomic E-state index is 0.0992.